The SMILES string of the molecule is Cc1cc(C)cc(C=C(C(=O)O)c2cccs2)c1. The number of aryl methyl sites for hydroxylation is 2. The van der Waals surface area contributed by atoms with E-state index in [-0.39, 0.29) is 0 Å². The minimum absolute atomic E-state index is 0.343. The summed E-state index contributed by atoms with van der Waals surface area (Å²) in [5.74, 6) is -0.892. The van der Waals surface area contributed by atoms with E-state index in [2.05, 4.69) is 6.07 Å². The van der Waals surface area contributed by atoms with Gasteiger partial charge < -0.3 is 5.11 Å². The van der Waals surface area contributed by atoms with Crippen molar-refractivity contribution in [3.8, 4) is 0 Å². The van der Waals surface area contributed by atoms with Crippen molar-refractivity contribution >= 4 is 29.0 Å². The maximum atomic E-state index is 11.3. The van der Waals surface area contributed by atoms with Crippen LogP contribution in [0, 0.1) is 13.8 Å². The van der Waals surface area contributed by atoms with Gasteiger partial charge >= 0.3 is 5.97 Å². The van der Waals surface area contributed by atoms with Crippen LogP contribution in [-0.2, 0) is 4.79 Å². The Bertz CT molecular complexity index is 575. The van der Waals surface area contributed by atoms with Crippen LogP contribution in [0.5, 0.6) is 0 Å². The largest absolute Gasteiger partial charge is 0.478 e. The summed E-state index contributed by atoms with van der Waals surface area (Å²) < 4.78 is 0. The second-order valence-electron chi connectivity index (χ2n) is 4.26. The summed E-state index contributed by atoms with van der Waals surface area (Å²) in [5.41, 5.74) is 3.54. The van der Waals surface area contributed by atoms with E-state index < -0.39 is 5.97 Å². The number of carboxylic acids is 1. The number of benzene rings is 1. The number of rotatable bonds is 3. The Morgan fingerprint density at radius 2 is 1.89 bits per heavy atom. The number of thiophene rings is 1. The molecule has 0 saturated carbocycles. The van der Waals surface area contributed by atoms with Crippen LogP contribution < -0.4 is 0 Å². The van der Waals surface area contributed by atoms with E-state index in [4.69, 9.17) is 0 Å². The monoisotopic (exact) mass is 258 g/mol. The maximum Gasteiger partial charge on any atom is 0.337 e. The summed E-state index contributed by atoms with van der Waals surface area (Å²) >= 11 is 1.44. The van der Waals surface area contributed by atoms with Gasteiger partial charge in [-0.15, -0.1) is 11.3 Å². The van der Waals surface area contributed by atoms with Crippen molar-refractivity contribution in [2.75, 3.05) is 0 Å². The molecule has 0 radical (unpaired) electrons. The summed E-state index contributed by atoms with van der Waals surface area (Å²) in [5, 5.41) is 11.2. The summed E-state index contributed by atoms with van der Waals surface area (Å²) in [6.07, 6.45) is 1.73. The van der Waals surface area contributed by atoms with Crippen LogP contribution in [0.25, 0.3) is 11.6 Å². The molecule has 1 aromatic heterocycles. The zero-order chi connectivity index (χ0) is 13.1. The topological polar surface area (TPSA) is 37.3 Å². The number of hydrogen-bond acceptors (Lipinski definition) is 2. The number of carbonyl (C=O) groups is 1. The lowest BCUT2D eigenvalue weighted by Gasteiger charge is -2.03. The summed E-state index contributed by atoms with van der Waals surface area (Å²) in [4.78, 5) is 12.1. The lowest BCUT2D eigenvalue weighted by molar-refractivity contribution is -0.130. The molecule has 0 aliphatic carbocycles. The number of hydrogen-bond donors (Lipinski definition) is 1. The van der Waals surface area contributed by atoms with Crippen LogP contribution in [-0.4, -0.2) is 11.1 Å². The highest BCUT2D eigenvalue weighted by molar-refractivity contribution is 7.11. The molecule has 1 aromatic carbocycles. The Labute approximate surface area is 110 Å². The molecule has 0 amide bonds. The molecular formula is C15H14O2S. The maximum absolute atomic E-state index is 11.3. The third-order valence-electron chi connectivity index (χ3n) is 2.57. The fourth-order valence-electron chi connectivity index (χ4n) is 1.93. The van der Waals surface area contributed by atoms with E-state index in [1.54, 1.807) is 6.08 Å². The third kappa shape index (κ3) is 2.87. The van der Waals surface area contributed by atoms with Crippen molar-refractivity contribution < 1.29 is 9.90 Å². The van der Waals surface area contributed by atoms with Gasteiger partial charge in [0.05, 0.1) is 5.57 Å². The van der Waals surface area contributed by atoms with Gasteiger partial charge in [0, 0.05) is 4.88 Å². The van der Waals surface area contributed by atoms with E-state index in [0.717, 1.165) is 21.6 Å². The highest BCUT2D eigenvalue weighted by atomic mass is 32.1. The average Bonchev–Trinajstić information content (AvgIpc) is 2.77. The molecule has 92 valence electrons. The minimum Gasteiger partial charge on any atom is -0.478 e. The third-order valence-corrected chi connectivity index (χ3v) is 3.48. The van der Waals surface area contributed by atoms with Crippen LogP contribution in [0.2, 0.25) is 0 Å². The molecule has 2 aromatic rings. The van der Waals surface area contributed by atoms with Crippen molar-refractivity contribution in [1.82, 2.24) is 0 Å². The van der Waals surface area contributed by atoms with Gasteiger partial charge in [0.2, 0.25) is 0 Å². The number of aliphatic carboxylic acids is 1. The summed E-state index contributed by atoms with van der Waals surface area (Å²) in [7, 11) is 0. The van der Waals surface area contributed by atoms with Gasteiger partial charge in [-0.05, 0) is 36.9 Å². The van der Waals surface area contributed by atoms with Crippen LogP contribution in [0.15, 0.2) is 35.7 Å². The first-order chi connectivity index (χ1) is 8.56. The zero-order valence-corrected chi connectivity index (χ0v) is 11.1. The van der Waals surface area contributed by atoms with Crippen LogP contribution in [0.4, 0.5) is 0 Å². The molecule has 0 fully saturated rings. The smallest absolute Gasteiger partial charge is 0.337 e. The molecule has 0 saturated heterocycles. The van der Waals surface area contributed by atoms with Crippen molar-refractivity contribution in [3.05, 3.63) is 57.3 Å². The molecule has 0 unspecified atom stereocenters. The van der Waals surface area contributed by atoms with Crippen molar-refractivity contribution in [1.29, 1.82) is 0 Å². The molecular weight excluding hydrogens is 244 g/mol. The molecule has 3 heteroatoms. The summed E-state index contributed by atoms with van der Waals surface area (Å²) in [6, 6.07) is 9.74. The highest BCUT2D eigenvalue weighted by Gasteiger charge is 2.11. The second kappa shape index (κ2) is 5.19. The lowest BCUT2D eigenvalue weighted by atomic mass is 10.0. The molecule has 0 aliphatic rings. The van der Waals surface area contributed by atoms with Gasteiger partial charge in [0.1, 0.15) is 0 Å². The first kappa shape index (κ1) is 12.6. The van der Waals surface area contributed by atoms with Crippen molar-refractivity contribution in [3.63, 3.8) is 0 Å². The average molecular weight is 258 g/mol. The molecule has 18 heavy (non-hydrogen) atoms. The highest BCUT2D eigenvalue weighted by Crippen LogP contribution is 2.23. The van der Waals surface area contributed by atoms with Crippen LogP contribution >= 0.6 is 11.3 Å². The predicted molar refractivity (Wildman–Crippen MR) is 75.7 cm³/mol. The fourth-order valence-corrected chi connectivity index (χ4v) is 2.66. The molecule has 1 N–H and O–H groups in total. The molecule has 0 aliphatic heterocycles. The lowest BCUT2D eigenvalue weighted by Crippen LogP contribution is -1.97. The molecule has 0 atom stereocenters. The Balaban J connectivity index is 2.48. The normalized spacial score (nSPS) is 11.6. The second-order valence-corrected chi connectivity index (χ2v) is 5.21. The minimum atomic E-state index is -0.892. The Hall–Kier alpha value is -1.87. The van der Waals surface area contributed by atoms with Gasteiger partial charge in [-0.2, -0.15) is 0 Å². The first-order valence-electron chi connectivity index (χ1n) is 5.63. The van der Waals surface area contributed by atoms with Crippen LogP contribution in [0.1, 0.15) is 21.6 Å². The van der Waals surface area contributed by atoms with Gasteiger partial charge in [-0.3, -0.25) is 0 Å². The summed E-state index contributed by atoms with van der Waals surface area (Å²) in [6.45, 7) is 4.02. The van der Waals surface area contributed by atoms with Crippen molar-refractivity contribution in [2.24, 2.45) is 0 Å². The first-order valence-corrected chi connectivity index (χ1v) is 6.51. The quantitative estimate of drug-likeness (QED) is 0.845. The van der Waals surface area contributed by atoms with Gasteiger partial charge in [-0.1, -0.05) is 35.4 Å². The molecule has 0 bridgehead atoms. The van der Waals surface area contributed by atoms with E-state index in [1.807, 2.05) is 43.5 Å². The predicted octanol–water partition coefficient (Wildman–Crippen LogP) is 3.99. The Morgan fingerprint density at radius 1 is 1.22 bits per heavy atom. The molecule has 1 heterocycles. The fraction of sp³-hybridized carbons (Fsp3) is 0.133. The van der Waals surface area contributed by atoms with Gasteiger partial charge in [0.25, 0.3) is 0 Å². The van der Waals surface area contributed by atoms with Crippen molar-refractivity contribution in [2.45, 2.75) is 13.8 Å². The van der Waals surface area contributed by atoms with Gasteiger partial charge in [0.15, 0.2) is 0 Å². The van der Waals surface area contributed by atoms with E-state index in [0.29, 0.717) is 5.57 Å². The zero-order valence-electron chi connectivity index (χ0n) is 10.3. The molecule has 2 nitrogen and oxygen atoms in total. The van der Waals surface area contributed by atoms with Crippen LogP contribution in [0.3, 0.4) is 0 Å². The van der Waals surface area contributed by atoms with E-state index >= 15 is 0 Å². The Kier molecular flexibility index (Phi) is 3.63. The molecule has 2 rings (SSSR count). The molecule has 0 spiro atoms. The van der Waals surface area contributed by atoms with Gasteiger partial charge in [-0.25, -0.2) is 4.79 Å². The van der Waals surface area contributed by atoms with E-state index in [9.17, 15) is 9.90 Å². The van der Waals surface area contributed by atoms with E-state index in [1.165, 1.54) is 11.3 Å². The standard InChI is InChI=1S/C15H14O2S/c1-10-6-11(2)8-12(7-10)9-13(15(16)17)14-4-3-5-18-14/h3-9H,1-2H3,(H,16,17). The number of carboxylic acid groups (broad SMARTS) is 1. The Morgan fingerprint density at radius 3 is 2.39 bits per heavy atom.